The molecule has 0 saturated heterocycles. The maximum atomic E-state index is 12.2. The predicted octanol–water partition coefficient (Wildman–Crippen LogP) is 3.69. The van der Waals surface area contributed by atoms with Crippen molar-refractivity contribution in [1.29, 1.82) is 0 Å². The summed E-state index contributed by atoms with van der Waals surface area (Å²) in [5, 5.41) is 10.2. The van der Waals surface area contributed by atoms with Crippen LogP contribution in [0, 0.1) is 0 Å². The number of hydrogen-bond acceptors (Lipinski definition) is 6. The summed E-state index contributed by atoms with van der Waals surface area (Å²) >= 11 is 2.72. The molecule has 2 aromatic carbocycles. The SMILES string of the molecule is CC(=O)Nc1cccc(NC(=O)CSc2nc(CC(=O)NCc3ccccc3)cs2)c1. The molecular weight excluding hydrogens is 432 g/mol. The lowest BCUT2D eigenvalue weighted by atomic mass is 10.2. The Morgan fingerprint density at radius 1 is 0.968 bits per heavy atom. The zero-order valence-corrected chi connectivity index (χ0v) is 18.5. The number of hydrogen-bond donors (Lipinski definition) is 3. The lowest BCUT2D eigenvalue weighted by Gasteiger charge is -2.07. The van der Waals surface area contributed by atoms with Gasteiger partial charge in [0.15, 0.2) is 4.34 Å². The first-order valence-corrected chi connectivity index (χ1v) is 11.4. The minimum atomic E-state index is -0.178. The van der Waals surface area contributed by atoms with E-state index in [1.165, 1.54) is 30.0 Å². The fourth-order valence-corrected chi connectivity index (χ4v) is 4.31. The van der Waals surface area contributed by atoms with Crippen molar-refractivity contribution >= 4 is 52.2 Å². The topological polar surface area (TPSA) is 100 Å². The molecule has 1 heterocycles. The van der Waals surface area contributed by atoms with Crippen molar-refractivity contribution in [3.8, 4) is 0 Å². The molecule has 0 spiro atoms. The molecule has 1 aromatic heterocycles. The van der Waals surface area contributed by atoms with Crippen LogP contribution in [0.5, 0.6) is 0 Å². The maximum Gasteiger partial charge on any atom is 0.234 e. The van der Waals surface area contributed by atoms with Crippen LogP contribution in [0.2, 0.25) is 0 Å². The average Bonchev–Trinajstić information content (AvgIpc) is 3.18. The van der Waals surface area contributed by atoms with Crippen LogP contribution in [0.1, 0.15) is 18.2 Å². The van der Waals surface area contributed by atoms with Gasteiger partial charge in [-0.1, -0.05) is 48.2 Å². The number of carbonyl (C=O) groups is 3. The van der Waals surface area contributed by atoms with E-state index in [0.717, 1.165) is 9.90 Å². The van der Waals surface area contributed by atoms with E-state index in [1.807, 2.05) is 35.7 Å². The van der Waals surface area contributed by atoms with E-state index in [4.69, 9.17) is 0 Å². The maximum absolute atomic E-state index is 12.2. The van der Waals surface area contributed by atoms with E-state index in [0.29, 0.717) is 23.6 Å². The number of nitrogens with zero attached hydrogens (tertiary/aromatic N) is 1. The second kappa shape index (κ2) is 11.3. The normalized spacial score (nSPS) is 10.4. The molecule has 3 rings (SSSR count). The Labute approximate surface area is 188 Å². The highest BCUT2D eigenvalue weighted by Crippen LogP contribution is 2.23. The van der Waals surface area contributed by atoms with Crippen LogP contribution in [0.25, 0.3) is 0 Å². The molecule has 31 heavy (non-hydrogen) atoms. The molecule has 9 heteroatoms. The first-order valence-electron chi connectivity index (χ1n) is 9.53. The molecule has 0 bridgehead atoms. The number of amides is 3. The summed E-state index contributed by atoms with van der Waals surface area (Å²) in [5.74, 6) is -0.255. The van der Waals surface area contributed by atoms with Gasteiger partial charge in [0.1, 0.15) is 0 Å². The van der Waals surface area contributed by atoms with Gasteiger partial charge in [-0.25, -0.2) is 4.98 Å². The Balaban J connectivity index is 1.42. The molecule has 0 aliphatic rings. The van der Waals surface area contributed by atoms with E-state index in [1.54, 1.807) is 24.3 Å². The van der Waals surface area contributed by atoms with Crippen LogP contribution in [-0.4, -0.2) is 28.5 Å². The van der Waals surface area contributed by atoms with Crippen molar-refractivity contribution < 1.29 is 14.4 Å². The van der Waals surface area contributed by atoms with E-state index in [9.17, 15) is 14.4 Å². The smallest absolute Gasteiger partial charge is 0.234 e. The van der Waals surface area contributed by atoms with Crippen LogP contribution in [0.15, 0.2) is 64.3 Å². The zero-order valence-electron chi connectivity index (χ0n) is 16.9. The summed E-state index contributed by atoms with van der Waals surface area (Å²) in [5.41, 5.74) is 2.94. The number of nitrogens with one attached hydrogen (secondary N) is 3. The Hall–Kier alpha value is -3.17. The number of thioether (sulfide) groups is 1. The molecular formula is C22H22N4O3S2. The first-order chi connectivity index (χ1) is 15.0. The zero-order chi connectivity index (χ0) is 22.1. The van der Waals surface area contributed by atoms with Crippen molar-refractivity contribution in [3.63, 3.8) is 0 Å². The molecule has 3 aromatic rings. The van der Waals surface area contributed by atoms with Gasteiger partial charge in [0.05, 0.1) is 17.9 Å². The molecule has 0 fully saturated rings. The van der Waals surface area contributed by atoms with Crippen LogP contribution in [0.4, 0.5) is 11.4 Å². The average molecular weight is 455 g/mol. The lowest BCUT2D eigenvalue weighted by molar-refractivity contribution is -0.120. The van der Waals surface area contributed by atoms with E-state index < -0.39 is 0 Å². The summed E-state index contributed by atoms with van der Waals surface area (Å²) in [6.45, 7) is 1.91. The van der Waals surface area contributed by atoms with Crippen molar-refractivity contribution in [2.45, 2.75) is 24.2 Å². The van der Waals surface area contributed by atoms with Gasteiger partial charge in [0, 0.05) is 30.2 Å². The van der Waals surface area contributed by atoms with Gasteiger partial charge in [0.25, 0.3) is 0 Å². The molecule has 0 aliphatic carbocycles. The Morgan fingerprint density at radius 2 is 1.71 bits per heavy atom. The van der Waals surface area contributed by atoms with Crippen LogP contribution >= 0.6 is 23.1 Å². The van der Waals surface area contributed by atoms with Gasteiger partial charge >= 0.3 is 0 Å². The minimum absolute atomic E-state index is 0.0949. The summed E-state index contributed by atoms with van der Waals surface area (Å²) in [6.07, 6.45) is 0.200. The van der Waals surface area contributed by atoms with E-state index in [2.05, 4.69) is 20.9 Å². The molecule has 7 nitrogen and oxygen atoms in total. The summed E-state index contributed by atoms with van der Waals surface area (Å²) in [4.78, 5) is 39.9. The molecule has 0 saturated carbocycles. The van der Waals surface area contributed by atoms with Crippen LogP contribution in [0.3, 0.4) is 0 Å². The molecule has 0 radical (unpaired) electrons. The van der Waals surface area contributed by atoms with E-state index >= 15 is 0 Å². The molecule has 3 amide bonds. The summed E-state index contributed by atoms with van der Waals surface area (Å²) in [7, 11) is 0. The van der Waals surface area contributed by atoms with Gasteiger partial charge < -0.3 is 16.0 Å². The monoisotopic (exact) mass is 454 g/mol. The highest BCUT2D eigenvalue weighted by molar-refractivity contribution is 8.01. The quantitative estimate of drug-likeness (QED) is 0.428. The largest absolute Gasteiger partial charge is 0.352 e. The van der Waals surface area contributed by atoms with Gasteiger partial charge in [-0.2, -0.15) is 0 Å². The fourth-order valence-electron chi connectivity index (χ4n) is 2.66. The Morgan fingerprint density at radius 3 is 2.45 bits per heavy atom. The van der Waals surface area contributed by atoms with Crippen molar-refractivity contribution in [1.82, 2.24) is 10.3 Å². The second-order valence-electron chi connectivity index (χ2n) is 6.64. The summed E-state index contributed by atoms with van der Waals surface area (Å²) in [6, 6.07) is 16.7. The number of anilines is 2. The number of carbonyl (C=O) groups excluding carboxylic acids is 3. The Kier molecular flexibility index (Phi) is 8.19. The fraction of sp³-hybridized carbons (Fsp3) is 0.182. The van der Waals surface area contributed by atoms with Crippen molar-refractivity contribution in [3.05, 3.63) is 71.2 Å². The molecule has 3 N–H and O–H groups in total. The third kappa shape index (κ3) is 7.88. The van der Waals surface area contributed by atoms with E-state index in [-0.39, 0.29) is 29.9 Å². The lowest BCUT2D eigenvalue weighted by Crippen LogP contribution is -2.24. The van der Waals surface area contributed by atoms with Gasteiger partial charge in [-0.3, -0.25) is 14.4 Å². The van der Waals surface area contributed by atoms with Crippen molar-refractivity contribution in [2.24, 2.45) is 0 Å². The Bertz CT molecular complexity index is 1050. The number of benzene rings is 2. The van der Waals surface area contributed by atoms with Gasteiger partial charge in [0.2, 0.25) is 17.7 Å². The second-order valence-corrected chi connectivity index (χ2v) is 8.72. The first kappa shape index (κ1) is 22.5. The van der Waals surface area contributed by atoms with Gasteiger partial charge in [-0.15, -0.1) is 11.3 Å². The van der Waals surface area contributed by atoms with Crippen LogP contribution < -0.4 is 16.0 Å². The molecule has 0 unspecified atom stereocenters. The number of aromatic nitrogens is 1. The molecule has 0 aliphatic heterocycles. The highest BCUT2D eigenvalue weighted by atomic mass is 32.2. The number of rotatable bonds is 9. The number of thiazole rings is 1. The van der Waals surface area contributed by atoms with Crippen LogP contribution in [-0.2, 0) is 27.3 Å². The van der Waals surface area contributed by atoms with Gasteiger partial charge in [-0.05, 0) is 23.8 Å². The predicted molar refractivity (Wildman–Crippen MR) is 124 cm³/mol. The molecule has 0 atom stereocenters. The van der Waals surface area contributed by atoms with Crippen molar-refractivity contribution in [2.75, 3.05) is 16.4 Å². The molecule has 160 valence electrons. The summed E-state index contributed by atoms with van der Waals surface area (Å²) < 4.78 is 0.730. The highest BCUT2D eigenvalue weighted by Gasteiger charge is 2.10. The standard InChI is InChI=1S/C22H22N4O3S2/c1-15(27)24-17-8-5-9-18(10-17)25-21(29)14-31-22-26-19(13-30-22)11-20(28)23-12-16-6-3-2-4-7-16/h2-10,13H,11-12,14H2,1H3,(H,23,28)(H,24,27)(H,25,29). The minimum Gasteiger partial charge on any atom is -0.352 e. The third-order valence-corrected chi connectivity index (χ3v) is 6.07. The third-order valence-electron chi connectivity index (χ3n) is 4.00.